The summed E-state index contributed by atoms with van der Waals surface area (Å²) in [6.45, 7) is 4.58. The summed E-state index contributed by atoms with van der Waals surface area (Å²) in [7, 11) is 0. The third kappa shape index (κ3) is 4.26. The van der Waals surface area contributed by atoms with Crippen LogP contribution in [0, 0.1) is 0 Å². The molecule has 4 heteroatoms. The quantitative estimate of drug-likeness (QED) is 0.780. The predicted octanol–water partition coefficient (Wildman–Crippen LogP) is 4.85. The number of rotatable bonds is 6. The molecule has 0 aliphatic heterocycles. The average molecular weight is 331 g/mol. The average Bonchev–Trinajstić information content (AvgIpc) is 2.60. The van der Waals surface area contributed by atoms with Gasteiger partial charge in [-0.3, -0.25) is 0 Å². The zero-order chi connectivity index (χ0) is 16.7. The topological polar surface area (TPSA) is 41.1 Å². The van der Waals surface area contributed by atoms with Gasteiger partial charge in [-0.15, -0.1) is 0 Å². The molecule has 0 spiro atoms. The van der Waals surface area contributed by atoms with E-state index in [1.165, 1.54) is 0 Å². The predicted molar refractivity (Wildman–Crippen MR) is 95.5 cm³/mol. The third-order valence-corrected chi connectivity index (χ3v) is 4.65. The maximum atomic E-state index is 12.4. The molecule has 0 heterocycles. The minimum atomic E-state index is -0.355. The van der Waals surface area contributed by atoms with Crippen LogP contribution >= 0.6 is 11.6 Å². The summed E-state index contributed by atoms with van der Waals surface area (Å²) in [5.74, 6) is 0. The van der Waals surface area contributed by atoms with E-state index in [9.17, 15) is 4.79 Å². The summed E-state index contributed by atoms with van der Waals surface area (Å²) >= 11 is 6.12. The van der Waals surface area contributed by atoms with Crippen molar-refractivity contribution in [2.24, 2.45) is 0 Å². The lowest BCUT2D eigenvalue weighted by atomic mass is 9.85. The summed E-state index contributed by atoms with van der Waals surface area (Å²) in [5, 5.41) is 6.70. The number of amides is 2. The van der Waals surface area contributed by atoms with Crippen LogP contribution in [0.3, 0.4) is 0 Å². The second-order valence-corrected chi connectivity index (χ2v) is 5.96. The molecule has 122 valence electrons. The molecule has 2 aromatic rings. The van der Waals surface area contributed by atoms with Gasteiger partial charge in [-0.1, -0.05) is 74.0 Å². The lowest BCUT2D eigenvalue weighted by molar-refractivity contribution is 0.220. The van der Waals surface area contributed by atoms with Gasteiger partial charge in [0, 0.05) is 11.6 Å². The van der Waals surface area contributed by atoms with Crippen molar-refractivity contribution in [2.45, 2.75) is 38.8 Å². The summed E-state index contributed by atoms with van der Waals surface area (Å²) in [5.41, 5.74) is 1.67. The Morgan fingerprint density at radius 3 is 2.22 bits per heavy atom. The molecule has 0 radical (unpaired) electrons. The summed E-state index contributed by atoms with van der Waals surface area (Å²) < 4.78 is 0. The molecule has 0 aliphatic carbocycles. The molecule has 3 nitrogen and oxygen atoms in total. The number of carbonyl (C=O) groups excluding carboxylic acids is 1. The number of halogens is 1. The van der Waals surface area contributed by atoms with E-state index in [1.54, 1.807) is 0 Å². The Hall–Kier alpha value is -2.00. The molecule has 0 atom stereocenters. The lowest BCUT2D eigenvalue weighted by Crippen LogP contribution is -2.49. The fraction of sp³-hybridized carbons (Fsp3) is 0.316. The molecule has 2 aromatic carbocycles. The molecule has 0 fully saturated rings. The van der Waals surface area contributed by atoms with Crippen molar-refractivity contribution >= 4 is 17.6 Å². The minimum Gasteiger partial charge on any atom is -0.334 e. The van der Waals surface area contributed by atoms with Crippen molar-refractivity contribution in [3.8, 4) is 0 Å². The first-order valence-electron chi connectivity index (χ1n) is 7.96. The minimum absolute atomic E-state index is 0.183. The fourth-order valence-corrected chi connectivity index (χ4v) is 2.95. The van der Waals surface area contributed by atoms with Crippen molar-refractivity contribution in [3.63, 3.8) is 0 Å². The number of hydrogen-bond acceptors (Lipinski definition) is 1. The maximum absolute atomic E-state index is 12.4. The van der Waals surface area contributed by atoms with Crippen LogP contribution in [0.2, 0.25) is 5.02 Å². The van der Waals surface area contributed by atoms with Crippen LogP contribution in [-0.4, -0.2) is 6.03 Å². The van der Waals surface area contributed by atoms with Gasteiger partial charge in [0.2, 0.25) is 0 Å². The van der Waals surface area contributed by atoms with Crippen LogP contribution < -0.4 is 10.6 Å². The summed E-state index contributed by atoms with van der Waals surface area (Å²) in [6, 6.07) is 17.4. The first-order chi connectivity index (χ1) is 11.1. The molecule has 0 saturated carbocycles. The summed E-state index contributed by atoms with van der Waals surface area (Å²) in [4.78, 5) is 12.4. The van der Waals surface area contributed by atoms with Gasteiger partial charge in [0.1, 0.15) is 0 Å². The van der Waals surface area contributed by atoms with Crippen molar-refractivity contribution in [1.29, 1.82) is 0 Å². The van der Waals surface area contributed by atoms with E-state index < -0.39 is 0 Å². The number of hydrogen-bond donors (Lipinski definition) is 2. The Kier molecular flexibility index (Phi) is 6.05. The highest BCUT2D eigenvalue weighted by molar-refractivity contribution is 6.31. The molecule has 0 aromatic heterocycles. The Labute approximate surface area is 143 Å². The van der Waals surface area contributed by atoms with Crippen molar-refractivity contribution in [2.75, 3.05) is 0 Å². The fourth-order valence-electron chi connectivity index (χ4n) is 2.74. The molecule has 0 aliphatic rings. The number of benzene rings is 2. The smallest absolute Gasteiger partial charge is 0.315 e. The lowest BCUT2D eigenvalue weighted by Gasteiger charge is -2.33. The zero-order valence-electron chi connectivity index (χ0n) is 13.6. The molecule has 2 N–H and O–H groups in total. The van der Waals surface area contributed by atoms with Crippen molar-refractivity contribution in [3.05, 3.63) is 70.7 Å². The van der Waals surface area contributed by atoms with E-state index >= 15 is 0 Å². The van der Waals surface area contributed by atoms with Crippen LogP contribution in [-0.2, 0) is 12.1 Å². The van der Waals surface area contributed by atoms with Crippen LogP contribution in [0.5, 0.6) is 0 Å². The van der Waals surface area contributed by atoms with E-state index in [0.29, 0.717) is 11.6 Å². The number of urea groups is 1. The first-order valence-corrected chi connectivity index (χ1v) is 8.34. The molecule has 0 unspecified atom stereocenters. The van der Waals surface area contributed by atoms with Gasteiger partial charge in [-0.2, -0.15) is 0 Å². The molecule has 0 saturated heterocycles. The maximum Gasteiger partial charge on any atom is 0.315 e. The molecular weight excluding hydrogens is 308 g/mol. The number of nitrogens with one attached hydrogen (secondary N) is 2. The monoisotopic (exact) mass is 330 g/mol. The van der Waals surface area contributed by atoms with Crippen LogP contribution in [0.25, 0.3) is 0 Å². The normalized spacial score (nSPS) is 11.1. The van der Waals surface area contributed by atoms with Crippen LogP contribution in [0.1, 0.15) is 37.8 Å². The molecule has 0 bridgehead atoms. The second-order valence-electron chi connectivity index (χ2n) is 5.55. The van der Waals surface area contributed by atoms with Crippen molar-refractivity contribution < 1.29 is 4.79 Å². The molecule has 2 rings (SSSR count). The van der Waals surface area contributed by atoms with Gasteiger partial charge in [0.15, 0.2) is 0 Å². The van der Waals surface area contributed by atoms with Crippen molar-refractivity contribution in [1.82, 2.24) is 10.6 Å². The van der Waals surface area contributed by atoms with Gasteiger partial charge in [0.25, 0.3) is 0 Å². The molecule has 23 heavy (non-hydrogen) atoms. The summed E-state index contributed by atoms with van der Waals surface area (Å²) in [6.07, 6.45) is 1.65. The van der Waals surface area contributed by atoms with E-state index in [4.69, 9.17) is 11.6 Å². The highest BCUT2D eigenvalue weighted by atomic mass is 35.5. The highest BCUT2D eigenvalue weighted by Gasteiger charge is 2.29. The van der Waals surface area contributed by atoms with E-state index in [-0.39, 0.29) is 11.6 Å². The van der Waals surface area contributed by atoms with Gasteiger partial charge in [0.05, 0.1) is 5.54 Å². The zero-order valence-corrected chi connectivity index (χ0v) is 14.4. The van der Waals surface area contributed by atoms with Gasteiger partial charge in [-0.25, -0.2) is 4.79 Å². The van der Waals surface area contributed by atoms with E-state index in [0.717, 1.165) is 24.0 Å². The standard InChI is InChI=1S/C19H23ClN2O/c1-3-19(4-2,16-11-6-5-7-12-16)22-18(23)21-14-15-10-8-9-13-17(15)20/h5-13H,3-4,14H2,1-2H3,(H2,21,22,23). The Morgan fingerprint density at radius 1 is 1.00 bits per heavy atom. The Bertz CT molecular complexity index is 639. The number of carbonyl (C=O) groups is 1. The molecular formula is C19H23ClN2O. The SMILES string of the molecule is CCC(CC)(NC(=O)NCc1ccccc1Cl)c1ccccc1. The Morgan fingerprint density at radius 2 is 1.61 bits per heavy atom. The molecule has 2 amide bonds. The van der Waals surface area contributed by atoms with Gasteiger partial charge in [-0.05, 0) is 30.0 Å². The highest BCUT2D eigenvalue weighted by Crippen LogP contribution is 2.28. The van der Waals surface area contributed by atoms with E-state index in [2.05, 4.69) is 36.6 Å². The third-order valence-electron chi connectivity index (χ3n) is 4.28. The van der Waals surface area contributed by atoms with E-state index in [1.807, 2.05) is 42.5 Å². The van der Waals surface area contributed by atoms with Crippen LogP contribution in [0.4, 0.5) is 4.79 Å². The van der Waals surface area contributed by atoms with Gasteiger partial charge < -0.3 is 10.6 Å². The Balaban J connectivity index is 2.06. The second kappa shape index (κ2) is 8.02. The first kappa shape index (κ1) is 17.4. The van der Waals surface area contributed by atoms with Gasteiger partial charge >= 0.3 is 6.03 Å². The van der Waals surface area contributed by atoms with Crippen LogP contribution in [0.15, 0.2) is 54.6 Å². The largest absolute Gasteiger partial charge is 0.334 e.